The Bertz CT molecular complexity index is 299. The van der Waals surface area contributed by atoms with Crippen LogP contribution in [0.1, 0.15) is 25.3 Å². The molecule has 0 aliphatic heterocycles. The highest BCUT2D eigenvalue weighted by molar-refractivity contribution is 9.10. The molecule has 1 aromatic heterocycles. The molecule has 3 heteroatoms. The Morgan fingerprint density at radius 2 is 2.31 bits per heavy atom. The molecule has 0 saturated heterocycles. The quantitative estimate of drug-likeness (QED) is 0.812. The van der Waals surface area contributed by atoms with Crippen LogP contribution in [0, 0.1) is 0 Å². The molecule has 0 spiro atoms. The highest BCUT2D eigenvalue weighted by Crippen LogP contribution is 2.11. The van der Waals surface area contributed by atoms with Gasteiger partial charge >= 0.3 is 0 Å². The van der Waals surface area contributed by atoms with E-state index in [0.29, 0.717) is 18.6 Å². The minimum Gasteiger partial charge on any atom is -0.300 e. The maximum Gasteiger partial charge on any atom is 0.132 e. The lowest BCUT2D eigenvalue weighted by Crippen LogP contribution is -1.97. The average molecular weight is 242 g/mol. The molecule has 0 aromatic carbocycles. The van der Waals surface area contributed by atoms with Crippen molar-refractivity contribution in [2.75, 3.05) is 0 Å². The number of ketones is 1. The van der Waals surface area contributed by atoms with E-state index in [1.807, 2.05) is 13.0 Å². The van der Waals surface area contributed by atoms with E-state index in [2.05, 4.69) is 20.9 Å². The molecule has 0 radical (unpaired) electrons. The smallest absolute Gasteiger partial charge is 0.132 e. The van der Waals surface area contributed by atoms with E-state index in [0.717, 1.165) is 16.5 Å². The summed E-state index contributed by atoms with van der Waals surface area (Å²) >= 11 is 3.34. The fraction of sp³-hybridized carbons (Fsp3) is 0.400. The largest absolute Gasteiger partial charge is 0.300 e. The Kier molecular flexibility index (Phi) is 4.09. The highest BCUT2D eigenvalue weighted by Gasteiger charge is 2.00. The zero-order valence-corrected chi connectivity index (χ0v) is 9.17. The predicted octanol–water partition coefficient (Wildman–Crippen LogP) is 2.76. The minimum absolute atomic E-state index is 0.306. The molecule has 0 aliphatic carbocycles. The number of aryl methyl sites for hydroxylation is 1. The zero-order valence-electron chi connectivity index (χ0n) is 7.59. The van der Waals surface area contributed by atoms with Gasteiger partial charge in [0.25, 0.3) is 0 Å². The zero-order chi connectivity index (χ0) is 9.68. The number of rotatable bonds is 4. The first-order chi connectivity index (χ1) is 6.22. The van der Waals surface area contributed by atoms with Crippen molar-refractivity contribution in [2.24, 2.45) is 0 Å². The number of hydrogen-bond acceptors (Lipinski definition) is 2. The van der Waals surface area contributed by atoms with Gasteiger partial charge in [0.2, 0.25) is 0 Å². The van der Waals surface area contributed by atoms with E-state index < -0.39 is 0 Å². The number of halogens is 1. The predicted molar refractivity (Wildman–Crippen MR) is 55.6 cm³/mol. The van der Waals surface area contributed by atoms with Gasteiger partial charge in [0.05, 0.1) is 0 Å². The highest BCUT2D eigenvalue weighted by atomic mass is 79.9. The molecule has 1 aromatic rings. The molecule has 0 atom stereocenters. The average Bonchev–Trinajstić information content (AvgIpc) is 2.14. The third-order valence-electron chi connectivity index (χ3n) is 1.85. The monoisotopic (exact) mass is 241 g/mol. The molecule has 1 heterocycles. The Labute approximate surface area is 86.5 Å². The van der Waals surface area contributed by atoms with Crippen LogP contribution in [0.5, 0.6) is 0 Å². The molecule has 70 valence electrons. The summed E-state index contributed by atoms with van der Waals surface area (Å²) in [5.74, 6) is 0.306. The number of pyridine rings is 1. The van der Waals surface area contributed by atoms with Crippen molar-refractivity contribution in [3.63, 3.8) is 0 Å². The number of carbonyl (C=O) groups excluding carboxylic acids is 1. The maximum atomic E-state index is 11.0. The van der Waals surface area contributed by atoms with E-state index in [1.165, 1.54) is 0 Å². The van der Waals surface area contributed by atoms with Crippen LogP contribution in [0.15, 0.2) is 22.9 Å². The van der Waals surface area contributed by atoms with Crippen LogP contribution in [-0.2, 0) is 11.2 Å². The fourth-order valence-corrected chi connectivity index (χ4v) is 1.47. The lowest BCUT2D eigenvalue weighted by Gasteiger charge is -1.99. The Morgan fingerprint density at radius 3 is 2.92 bits per heavy atom. The van der Waals surface area contributed by atoms with E-state index >= 15 is 0 Å². The van der Waals surface area contributed by atoms with Gasteiger partial charge in [-0.05, 0) is 34.0 Å². The van der Waals surface area contributed by atoms with E-state index in [9.17, 15) is 4.79 Å². The van der Waals surface area contributed by atoms with E-state index in [1.54, 1.807) is 12.4 Å². The summed E-state index contributed by atoms with van der Waals surface area (Å²) in [6, 6.07) is 2.00. The molecule has 0 saturated carbocycles. The van der Waals surface area contributed by atoms with Gasteiger partial charge in [-0.3, -0.25) is 9.78 Å². The molecule has 0 fully saturated rings. The summed E-state index contributed by atoms with van der Waals surface area (Å²) in [6.07, 6.45) is 5.58. The summed E-state index contributed by atoms with van der Waals surface area (Å²) in [5, 5.41) is 0. The van der Waals surface area contributed by atoms with Gasteiger partial charge in [-0.25, -0.2) is 0 Å². The van der Waals surface area contributed by atoms with Gasteiger partial charge in [0.1, 0.15) is 5.78 Å². The maximum absolute atomic E-state index is 11.0. The van der Waals surface area contributed by atoms with Crippen molar-refractivity contribution >= 4 is 21.7 Å². The molecule has 0 aliphatic rings. The van der Waals surface area contributed by atoms with Gasteiger partial charge in [-0.1, -0.05) is 6.92 Å². The molecule has 0 unspecified atom stereocenters. The second-order valence-corrected chi connectivity index (χ2v) is 3.82. The Hall–Kier alpha value is -0.700. The topological polar surface area (TPSA) is 30.0 Å². The van der Waals surface area contributed by atoms with Gasteiger partial charge in [-0.15, -0.1) is 0 Å². The Morgan fingerprint density at radius 1 is 1.54 bits per heavy atom. The van der Waals surface area contributed by atoms with E-state index in [-0.39, 0.29) is 0 Å². The molecule has 1 rings (SSSR count). The van der Waals surface area contributed by atoms with Crippen LogP contribution in [0.25, 0.3) is 0 Å². The van der Waals surface area contributed by atoms with Gasteiger partial charge in [-0.2, -0.15) is 0 Å². The normalized spacial score (nSPS) is 10.0. The van der Waals surface area contributed by atoms with Crippen LogP contribution in [0.3, 0.4) is 0 Å². The second kappa shape index (κ2) is 5.12. The van der Waals surface area contributed by atoms with Crippen molar-refractivity contribution in [2.45, 2.75) is 26.2 Å². The molecule has 0 amide bonds. The summed E-state index contributed by atoms with van der Waals surface area (Å²) < 4.78 is 0.967. The number of nitrogens with zero attached hydrogens (tertiary/aromatic N) is 1. The van der Waals surface area contributed by atoms with Crippen molar-refractivity contribution < 1.29 is 4.79 Å². The summed E-state index contributed by atoms with van der Waals surface area (Å²) in [7, 11) is 0. The van der Waals surface area contributed by atoms with Crippen LogP contribution >= 0.6 is 15.9 Å². The molecule has 0 N–H and O–H groups in total. The van der Waals surface area contributed by atoms with Crippen LogP contribution in [-0.4, -0.2) is 10.8 Å². The molecular weight excluding hydrogens is 230 g/mol. The van der Waals surface area contributed by atoms with E-state index in [4.69, 9.17) is 0 Å². The summed E-state index contributed by atoms with van der Waals surface area (Å²) in [4.78, 5) is 15.1. The first-order valence-electron chi connectivity index (χ1n) is 4.33. The number of hydrogen-bond donors (Lipinski definition) is 0. The molecule has 2 nitrogen and oxygen atoms in total. The minimum atomic E-state index is 0.306. The lowest BCUT2D eigenvalue weighted by molar-refractivity contribution is -0.118. The summed E-state index contributed by atoms with van der Waals surface area (Å²) in [6.45, 7) is 1.89. The fourth-order valence-electron chi connectivity index (χ4n) is 1.05. The Balaban J connectivity index is 2.50. The first kappa shape index (κ1) is 10.4. The molecular formula is C10H12BrNO. The second-order valence-electron chi connectivity index (χ2n) is 2.90. The van der Waals surface area contributed by atoms with Crippen molar-refractivity contribution in [1.82, 2.24) is 4.98 Å². The lowest BCUT2D eigenvalue weighted by atomic mass is 10.1. The SMILES string of the molecule is CCC(=O)CCc1cncc(Br)c1. The van der Waals surface area contributed by atoms with Crippen molar-refractivity contribution in [3.05, 3.63) is 28.5 Å². The van der Waals surface area contributed by atoms with Crippen LogP contribution < -0.4 is 0 Å². The third kappa shape index (κ3) is 3.68. The summed E-state index contributed by atoms with van der Waals surface area (Å²) in [5.41, 5.74) is 1.11. The van der Waals surface area contributed by atoms with Gasteiger partial charge in [0.15, 0.2) is 0 Å². The van der Waals surface area contributed by atoms with Crippen molar-refractivity contribution in [1.29, 1.82) is 0 Å². The van der Waals surface area contributed by atoms with Gasteiger partial charge in [0, 0.05) is 29.7 Å². The number of aromatic nitrogens is 1. The van der Waals surface area contributed by atoms with Crippen LogP contribution in [0.4, 0.5) is 0 Å². The molecule has 0 bridgehead atoms. The first-order valence-corrected chi connectivity index (χ1v) is 5.12. The standard InChI is InChI=1S/C10H12BrNO/c1-2-10(13)4-3-8-5-9(11)7-12-6-8/h5-7H,2-4H2,1H3. The number of Topliss-reactive ketones (excluding diaryl/α,β-unsaturated/α-hetero) is 1. The van der Waals surface area contributed by atoms with Crippen LogP contribution in [0.2, 0.25) is 0 Å². The van der Waals surface area contributed by atoms with Crippen molar-refractivity contribution in [3.8, 4) is 0 Å². The molecule has 13 heavy (non-hydrogen) atoms. The number of carbonyl (C=O) groups is 1. The van der Waals surface area contributed by atoms with Gasteiger partial charge < -0.3 is 0 Å². The third-order valence-corrected chi connectivity index (χ3v) is 2.28.